The van der Waals surface area contributed by atoms with Crippen LogP contribution in [0, 0.1) is 12.7 Å². The predicted octanol–water partition coefficient (Wildman–Crippen LogP) is 3.17. The number of aryl methyl sites for hydroxylation is 1. The fourth-order valence-corrected chi connectivity index (χ4v) is 3.52. The highest BCUT2D eigenvalue weighted by Crippen LogP contribution is 2.37. The third-order valence-electron chi connectivity index (χ3n) is 2.39. The van der Waals surface area contributed by atoms with Crippen molar-refractivity contribution in [2.45, 2.75) is 29.5 Å². The number of benzene rings is 1. The SMILES string of the molecule is Cc1nsc(SC(c2cccc(F)c2)C(C)N)n1. The first-order valence-corrected chi connectivity index (χ1v) is 7.19. The summed E-state index contributed by atoms with van der Waals surface area (Å²) in [6, 6.07) is 6.45. The van der Waals surface area contributed by atoms with Crippen LogP contribution >= 0.6 is 23.3 Å². The summed E-state index contributed by atoms with van der Waals surface area (Å²) in [6.45, 7) is 3.76. The second kappa shape index (κ2) is 5.77. The lowest BCUT2D eigenvalue weighted by Gasteiger charge is -2.19. The van der Waals surface area contributed by atoms with E-state index in [-0.39, 0.29) is 17.1 Å². The van der Waals surface area contributed by atoms with Crippen molar-refractivity contribution in [1.29, 1.82) is 0 Å². The largest absolute Gasteiger partial charge is 0.327 e. The van der Waals surface area contributed by atoms with Gasteiger partial charge in [0.25, 0.3) is 0 Å². The summed E-state index contributed by atoms with van der Waals surface area (Å²) in [7, 11) is 0. The van der Waals surface area contributed by atoms with Gasteiger partial charge in [-0.1, -0.05) is 23.9 Å². The Morgan fingerprint density at radius 1 is 1.44 bits per heavy atom. The molecular formula is C12H14FN3S2. The van der Waals surface area contributed by atoms with Gasteiger partial charge in [-0.3, -0.25) is 0 Å². The summed E-state index contributed by atoms with van der Waals surface area (Å²) >= 11 is 2.88. The maximum atomic E-state index is 13.3. The van der Waals surface area contributed by atoms with Crippen molar-refractivity contribution in [1.82, 2.24) is 9.36 Å². The van der Waals surface area contributed by atoms with Crippen molar-refractivity contribution < 1.29 is 4.39 Å². The van der Waals surface area contributed by atoms with E-state index in [9.17, 15) is 4.39 Å². The number of hydrogen-bond donors (Lipinski definition) is 1. The molecule has 0 fully saturated rings. The number of nitrogens with zero attached hydrogens (tertiary/aromatic N) is 2. The summed E-state index contributed by atoms with van der Waals surface area (Å²) in [5, 5.41) is -0.0203. The van der Waals surface area contributed by atoms with E-state index < -0.39 is 0 Å². The van der Waals surface area contributed by atoms with Crippen molar-refractivity contribution in [3.8, 4) is 0 Å². The molecular weight excluding hydrogens is 269 g/mol. The summed E-state index contributed by atoms with van der Waals surface area (Å²) in [6.07, 6.45) is 0. The van der Waals surface area contributed by atoms with E-state index in [1.807, 2.05) is 19.9 Å². The van der Waals surface area contributed by atoms with Gasteiger partial charge in [-0.2, -0.15) is 4.37 Å². The lowest BCUT2D eigenvalue weighted by molar-refractivity contribution is 0.622. The third kappa shape index (κ3) is 3.28. The van der Waals surface area contributed by atoms with Gasteiger partial charge in [0.15, 0.2) is 4.34 Å². The zero-order valence-electron chi connectivity index (χ0n) is 10.1. The first kappa shape index (κ1) is 13.5. The van der Waals surface area contributed by atoms with E-state index in [0.717, 1.165) is 15.7 Å². The minimum Gasteiger partial charge on any atom is -0.327 e. The molecule has 2 unspecified atom stereocenters. The summed E-state index contributed by atoms with van der Waals surface area (Å²) in [4.78, 5) is 4.30. The Morgan fingerprint density at radius 3 is 2.78 bits per heavy atom. The molecule has 0 aliphatic rings. The van der Waals surface area contributed by atoms with Crippen LogP contribution in [0.4, 0.5) is 4.39 Å². The molecule has 2 atom stereocenters. The molecule has 0 aliphatic carbocycles. The van der Waals surface area contributed by atoms with Gasteiger partial charge >= 0.3 is 0 Å². The van der Waals surface area contributed by atoms with Crippen molar-refractivity contribution in [3.05, 3.63) is 41.5 Å². The van der Waals surface area contributed by atoms with Crippen LogP contribution in [0.1, 0.15) is 23.6 Å². The number of hydrogen-bond acceptors (Lipinski definition) is 5. The molecule has 18 heavy (non-hydrogen) atoms. The Labute approximate surface area is 114 Å². The van der Waals surface area contributed by atoms with Crippen LogP contribution in [0.2, 0.25) is 0 Å². The van der Waals surface area contributed by atoms with Crippen molar-refractivity contribution in [2.75, 3.05) is 0 Å². The van der Waals surface area contributed by atoms with E-state index >= 15 is 0 Å². The molecule has 0 saturated heterocycles. The van der Waals surface area contributed by atoms with Crippen LogP contribution in [0.3, 0.4) is 0 Å². The van der Waals surface area contributed by atoms with E-state index in [1.54, 1.807) is 6.07 Å². The predicted molar refractivity (Wildman–Crippen MR) is 73.3 cm³/mol. The Kier molecular flexibility index (Phi) is 4.31. The van der Waals surface area contributed by atoms with Gasteiger partial charge in [-0.05, 0) is 43.1 Å². The first-order valence-electron chi connectivity index (χ1n) is 5.54. The van der Waals surface area contributed by atoms with Gasteiger partial charge in [0.1, 0.15) is 11.6 Å². The lowest BCUT2D eigenvalue weighted by atomic mass is 10.1. The van der Waals surface area contributed by atoms with E-state index in [4.69, 9.17) is 5.73 Å². The standard InChI is InChI=1S/C12H14FN3S2/c1-7(14)11(9-4-3-5-10(13)6-9)17-12-15-8(2)16-18-12/h3-7,11H,14H2,1-2H3. The fourth-order valence-electron chi connectivity index (χ4n) is 1.60. The van der Waals surface area contributed by atoms with Gasteiger partial charge in [0, 0.05) is 6.04 Å². The molecule has 0 bridgehead atoms. The fraction of sp³-hybridized carbons (Fsp3) is 0.333. The highest BCUT2D eigenvalue weighted by molar-refractivity contribution is 8.01. The molecule has 0 spiro atoms. The van der Waals surface area contributed by atoms with Crippen molar-refractivity contribution in [3.63, 3.8) is 0 Å². The highest BCUT2D eigenvalue weighted by Gasteiger charge is 2.20. The van der Waals surface area contributed by atoms with Gasteiger partial charge in [-0.15, -0.1) is 0 Å². The van der Waals surface area contributed by atoms with Gasteiger partial charge in [0.05, 0.1) is 5.25 Å². The number of thioether (sulfide) groups is 1. The average molecular weight is 283 g/mol. The second-order valence-corrected chi connectivity index (χ2v) is 6.20. The van der Waals surface area contributed by atoms with Crippen LogP contribution < -0.4 is 5.73 Å². The maximum Gasteiger partial charge on any atom is 0.170 e. The van der Waals surface area contributed by atoms with Gasteiger partial charge in [-0.25, -0.2) is 9.37 Å². The third-order valence-corrected chi connectivity index (χ3v) is 4.76. The van der Waals surface area contributed by atoms with E-state index in [2.05, 4.69) is 9.36 Å². The summed E-state index contributed by atoms with van der Waals surface area (Å²) in [5.41, 5.74) is 6.86. The molecule has 2 N–H and O–H groups in total. The Hall–Kier alpha value is -0.980. The minimum atomic E-state index is -0.243. The molecule has 2 aromatic rings. The molecule has 1 aromatic heterocycles. The van der Waals surface area contributed by atoms with Gasteiger partial charge in [0.2, 0.25) is 0 Å². The molecule has 0 amide bonds. The van der Waals surface area contributed by atoms with Crippen LogP contribution in [-0.2, 0) is 0 Å². The molecule has 6 heteroatoms. The van der Waals surface area contributed by atoms with E-state index in [1.165, 1.54) is 35.4 Å². The van der Waals surface area contributed by atoms with Crippen LogP contribution in [-0.4, -0.2) is 15.4 Å². The zero-order chi connectivity index (χ0) is 13.1. The molecule has 1 heterocycles. The van der Waals surface area contributed by atoms with Crippen LogP contribution in [0.5, 0.6) is 0 Å². The quantitative estimate of drug-likeness (QED) is 0.876. The lowest BCUT2D eigenvalue weighted by Crippen LogP contribution is -2.22. The number of nitrogens with two attached hydrogens (primary N) is 1. The van der Waals surface area contributed by atoms with Gasteiger partial charge < -0.3 is 5.73 Å². The topological polar surface area (TPSA) is 51.8 Å². The number of rotatable bonds is 4. The normalized spacial score (nSPS) is 14.4. The first-order chi connectivity index (χ1) is 8.56. The smallest absolute Gasteiger partial charge is 0.170 e. The van der Waals surface area contributed by atoms with Crippen LogP contribution in [0.15, 0.2) is 28.6 Å². The molecule has 0 radical (unpaired) electrons. The summed E-state index contributed by atoms with van der Waals surface area (Å²) < 4.78 is 18.3. The molecule has 2 rings (SSSR count). The highest BCUT2D eigenvalue weighted by atomic mass is 32.2. The van der Waals surface area contributed by atoms with Crippen molar-refractivity contribution >= 4 is 23.3 Å². The number of aromatic nitrogens is 2. The summed E-state index contributed by atoms with van der Waals surface area (Å²) in [5.74, 6) is 0.511. The Morgan fingerprint density at radius 2 is 2.22 bits per heavy atom. The maximum absolute atomic E-state index is 13.3. The molecule has 0 saturated carbocycles. The Bertz CT molecular complexity index is 528. The van der Waals surface area contributed by atoms with Crippen molar-refractivity contribution in [2.24, 2.45) is 5.73 Å². The molecule has 0 aliphatic heterocycles. The minimum absolute atomic E-state index is 0.0203. The second-order valence-electron chi connectivity index (χ2n) is 4.06. The number of halogens is 1. The monoisotopic (exact) mass is 283 g/mol. The van der Waals surface area contributed by atoms with Crippen LogP contribution in [0.25, 0.3) is 0 Å². The molecule has 3 nitrogen and oxygen atoms in total. The zero-order valence-corrected chi connectivity index (χ0v) is 11.8. The van der Waals surface area contributed by atoms with E-state index in [0.29, 0.717) is 0 Å². The molecule has 96 valence electrons. The average Bonchev–Trinajstić information content (AvgIpc) is 2.71. The Balaban J connectivity index is 2.23. The molecule has 1 aromatic carbocycles.